The van der Waals surface area contributed by atoms with Gasteiger partial charge in [0.1, 0.15) is 11.9 Å². The van der Waals surface area contributed by atoms with Gasteiger partial charge < -0.3 is 4.57 Å². The fraction of sp³-hybridized carbons (Fsp3) is 0.750. The summed E-state index contributed by atoms with van der Waals surface area (Å²) in [5.74, 6) is 0.969. The van der Waals surface area contributed by atoms with Crippen LogP contribution in [0, 0.1) is 25.2 Å². The van der Waals surface area contributed by atoms with Crippen molar-refractivity contribution < 1.29 is 0 Å². The van der Waals surface area contributed by atoms with Gasteiger partial charge in [0.05, 0.1) is 17.5 Å². The van der Waals surface area contributed by atoms with E-state index in [-0.39, 0.29) is 11.6 Å². The minimum Gasteiger partial charge on any atom is -0.333 e. The molecule has 1 saturated heterocycles. The number of rotatable bonds is 2. The van der Waals surface area contributed by atoms with Crippen molar-refractivity contribution in [3.8, 4) is 6.07 Å². The second-order valence-electron chi connectivity index (χ2n) is 6.91. The first-order chi connectivity index (χ1) is 9.75. The Bertz CT molecular complexity index is 538. The van der Waals surface area contributed by atoms with Crippen molar-refractivity contribution in [2.45, 2.75) is 46.2 Å². The zero-order chi connectivity index (χ0) is 15.8. The highest BCUT2D eigenvalue weighted by Crippen LogP contribution is 2.26. The molecule has 0 saturated carbocycles. The first-order valence-electron chi connectivity index (χ1n) is 7.64. The summed E-state index contributed by atoms with van der Waals surface area (Å²) < 4.78 is 2.05. The van der Waals surface area contributed by atoms with Crippen molar-refractivity contribution in [1.29, 1.82) is 5.26 Å². The van der Waals surface area contributed by atoms with Crippen molar-refractivity contribution in [1.82, 2.24) is 19.4 Å². The van der Waals surface area contributed by atoms with Crippen LogP contribution in [-0.2, 0) is 7.05 Å². The van der Waals surface area contributed by atoms with Gasteiger partial charge in [-0.2, -0.15) is 5.26 Å². The monoisotopic (exact) mass is 289 g/mol. The van der Waals surface area contributed by atoms with Crippen LogP contribution < -0.4 is 0 Å². The van der Waals surface area contributed by atoms with Crippen LogP contribution in [0.25, 0.3) is 0 Å². The number of piperazine rings is 1. The third-order valence-electron chi connectivity index (χ3n) is 4.56. The molecule has 116 valence electrons. The molecule has 1 atom stereocenters. The maximum atomic E-state index is 9.67. The maximum absolute atomic E-state index is 9.67. The third-order valence-corrected chi connectivity index (χ3v) is 4.56. The van der Waals surface area contributed by atoms with Crippen LogP contribution in [0.1, 0.15) is 44.0 Å². The smallest absolute Gasteiger partial charge is 0.140 e. The average Bonchev–Trinajstić information content (AvgIpc) is 2.66. The van der Waals surface area contributed by atoms with Gasteiger partial charge >= 0.3 is 0 Å². The molecule has 1 fully saturated rings. The van der Waals surface area contributed by atoms with E-state index in [4.69, 9.17) is 0 Å². The van der Waals surface area contributed by atoms with Crippen LogP contribution in [0.4, 0.5) is 0 Å². The molecule has 1 aromatic rings. The van der Waals surface area contributed by atoms with E-state index in [0.717, 1.165) is 43.4 Å². The lowest BCUT2D eigenvalue weighted by atomic mass is 10.0. The Balaban J connectivity index is 2.16. The number of aromatic nitrogens is 2. The topological polar surface area (TPSA) is 48.1 Å². The van der Waals surface area contributed by atoms with E-state index in [1.165, 1.54) is 0 Å². The number of nitrogens with zero attached hydrogens (tertiary/aromatic N) is 5. The van der Waals surface area contributed by atoms with Crippen molar-refractivity contribution >= 4 is 0 Å². The molecule has 1 aromatic heterocycles. The molecule has 2 heterocycles. The molecule has 0 bridgehead atoms. The second-order valence-corrected chi connectivity index (χ2v) is 6.91. The Morgan fingerprint density at radius 1 is 1.14 bits per heavy atom. The summed E-state index contributed by atoms with van der Waals surface area (Å²) in [7, 11) is 2.00. The molecule has 5 heteroatoms. The van der Waals surface area contributed by atoms with Gasteiger partial charge in [0.2, 0.25) is 0 Å². The maximum Gasteiger partial charge on any atom is 0.140 e. The summed E-state index contributed by atoms with van der Waals surface area (Å²) in [4.78, 5) is 9.27. The number of imidazole rings is 1. The molecule has 0 aromatic carbocycles. The molecule has 0 spiro atoms. The molecular formula is C16H27N5. The fourth-order valence-electron chi connectivity index (χ4n) is 3.14. The third kappa shape index (κ3) is 3.12. The van der Waals surface area contributed by atoms with Gasteiger partial charge in [-0.25, -0.2) is 4.98 Å². The van der Waals surface area contributed by atoms with E-state index in [0.29, 0.717) is 0 Å². The Kier molecular flexibility index (Phi) is 4.40. The number of aryl methyl sites for hydroxylation is 2. The summed E-state index contributed by atoms with van der Waals surface area (Å²) in [6, 6.07) is 2.29. The van der Waals surface area contributed by atoms with Gasteiger partial charge in [0.25, 0.3) is 0 Å². The minimum absolute atomic E-state index is 0.196. The van der Waals surface area contributed by atoms with E-state index in [9.17, 15) is 5.26 Å². The lowest BCUT2D eigenvalue weighted by Gasteiger charge is -2.43. The summed E-state index contributed by atoms with van der Waals surface area (Å²) >= 11 is 0. The highest BCUT2D eigenvalue weighted by Gasteiger charge is 2.31. The van der Waals surface area contributed by atoms with E-state index in [1.807, 2.05) is 20.9 Å². The van der Waals surface area contributed by atoms with Crippen LogP contribution >= 0.6 is 0 Å². The van der Waals surface area contributed by atoms with Crippen molar-refractivity contribution in [2.75, 3.05) is 26.2 Å². The van der Waals surface area contributed by atoms with Gasteiger partial charge in [-0.1, -0.05) is 0 Å². The number of hydrogen-bond donors (Lipinski definition) is 0. The summed E-state index contributed by atoms with van der Waals surface area (Å²) in [6.07, 6.45) is 0. The van der Waals surface area contributed by atoms with Crippen molar-refractivity contribution in [2.24, 2.45) is 7.05 Å². The Labute approximate surface area is 128 Å². The first-order valence-corrected chi connectivity index (χ1v) is 7.64. The largest absolute Gasteiger partial charge is 0.333 e. The highest BCUT2D eigenvalue weighted by molar-refractivity contribution is 5.24. The van der Waals surface area contributed by atoms with Crippen LogP contribution in [-0.4, -0.2) is 51.1 Å². The molecule has 1 aliphatic heterocycles. The SMILES string of the molecule is Cc1nc(C)n(C)c1C(C#N)N1CCN(C(C)(C)C)CC1. The predicted molar refractivity (Wildman–Crippen MR) is 83.9 cm³/mol. The Morgan fingerprint density at radius 3 is 2.10 bits per heavy atom. The zero-order valence-electron chi connectivity index (χ0n) is 14.1. The molecule has 0 amide bonds. The van der Waals surface area contributed by atoms with Crippen LogP contribution in [0.3, 0.4) is 0 Å². The minimum atomic E-state index is -0.196. The van der Waals surface area contributed by atoms with E-state index in [2.05, 4.69) is 46.2 Å². The summed E-state index contributed by atoms with van der Waals surface area (Å²) in [6.45, 7) is 14.6. The predicted octanol–water partition coefficient (Wildman–Crippen LogP) is 2.02. The van der Waals surface area contributed by atoms with Crippen LogP contribution in [0.2, 0.25) is 0 Å². The first kappa shape index (κ1) is 16.0. The van der Waals surface area contributed by atoms with Crippen molar-refractivity contribution in [3.05, 3.63) is 17.2 Å². The van der Waals surface area contributed by atoms with Gasteiger partial charge in [-0.05, 0) is 34.6 Å². The normalized spacial score (nSPS) is 19.5. The van der Waals surface area contributed by atoms with E-state index >= 15 is 0 Å². The van der Waals surface area contributed by atoms with Crippen LogP contribution in [0.5, 0.6) is 0 Å². The van der Waals surface area contributed by atoms with Gasteiger partial charge in [0.15, 0.2) is 0 Å². The Hall–Kier alpha value is -1.38. The fourth-order valence-corrected chi connectivity index (χ4v) is 3.14. The van der Waals surface area contributed by atoms with Crippen molar-refractivity contribution in [3.63, 3.8) is 0 Å². The molecule has 0 aliphatic carbocycles. The van der Waals surface area contributed by atoms with E-state index in [1.54, 1.807) is 0 Å². The Morgan fingerprint density at radius 2 is 1.71 bits per heavy atom. The number of nitriles is 1. The van der Waals surface area contributed by atoms with Gasteiger partial charge in [0, 0.05) is 38.8 Å². The molecule has 0 N–H and O–H groups in total. The lowest BCUT2D eigenvalue weighted by molar-refractivity contribution is 0.0507. The van der Waals surface area contributed by atoms with Gasteiger partial charge in [-0.15, -0.1) is 0 Å². The molecule has 1 unspecified atom stereocenters. The highest BCUT2D eigenvalue weighted by atomic mass is 15.3. The van der Waals surface area contributed by atoms with Gasteiger partial charge in [-0.3, -0.25) is 9.80 Å². The quantitative estimate of drug-likeness (QED) is 0.836. The molecule has 1 aliphatic rings. The van der Waals surface area contributed by atoms with Crippen LogP contribution in [0.15, 0.2) is 0 Å². The lowest BCUT2D eigenvalue weighted by Crippen LogP contribution is -2.54. The number of hydrogen-bond acceptors (Lipinski definition) is 4. The second kappa shape index (κ2) is 5.78. The molecule has 2 rings (SSSR count). The zero-order valence-corrected chi connectivity index (χ0v) is 14.1. The molecule has 5 nitrogen and oxygen atoms in total. The average molecular weight is 289 g/mol. The molecule has 21 heavy (non-hydrogen) atoms. The standard InChI is InChI=1S/C16H27N5/c1-12-15(19(6)13(2)18-12)14(11-17)20-7-9-21(10-8-20)16(3,4)5/h14H,7-10H2,1-6H3. The molecular weight excluding hydrogens is 262 g/mol. The summed E-state index contributed by atoms with van der Waals surface area (Å²) in [5, 5.41) is 9.67. The summed E-state index contributed by atoms with van der Waals surface area (Å²) in [5.41, 5.74) is 2.21. The van der Waals surface area contributed by atoms with E-state index < -0.39 is 0 Å². The molecule has 0 radical (unpaired) electrons.